The van der Waals surface area contributed by atoms with Crippen molar-refractivity contribution in [3.8, 4) is 0 Å². The molecule has 0 aromatic carbocycles. The Kier molecular flexibility index (Phi) is 3.54. The molecule has 0 aliphatic carbocycles. The van der Waals surface area contributed by atoms with E-state index >= 15 is 0 Å². The summed E-state index contributed by atoms with van der Waals surface area (Å²) in [5, 5.41) is 2.40. The van der Waals surface area contributed by atoms with Crippen molar-refractivity contribution in [2.75, 3.05) is 12.0 Å². The minimum Gasteiger partial charge on any atom is -0.291 e. The Labute approximate surface area is 81.5 Å². The van der Waals surface area contributed by atoms with E-state index in [-0.39, 0.29) is 5.78 Å². The smallest absolute Gasteiger partial charge is 0.201 e. The summed E-state index contributed by atoms with van der Waals surface area (Å²) < 4.78 is 0.743. The highest BCUT2D eigenvalue weighted by atomic mass is 79.9. The van der Waals surface area contributed by atoms with Gasteiger partial charge in [-0.3, -0.25) is 4.79 Å². The first kappa shape index (κ1) is 9.22. The molecule has 0 unspecified atom stereocenters. The predicted molar refractivity (Wildman–Crippen MR) is 52.5 cm³/mol. The van der Waals surface area contributed by atoms with Crippen LogP contribution in [-0.4, -0.2) is 22.8 Å². The first-order chi connectivity index (χ1) is 5.24. The molecule has 0 bridgehead atoms. The second kappa shape index (κ2) is 4.23. The van der Waals surface area contributed by atoms with Crippen LogP contribution in [0.3, 0.4) is 0 Å². The lowest BCUT2D eigenvalue weighted by Gasteiger charge is -1.89. The van der Waals surface area contributed by atoms with E-state index in [1.165, 1.54) is 23.1 Å². The van der Waals surface area contributed by atoms with Crippen molar-refractivity contribution in [3.05, 3.63) is 15.0 Å². The summed E-state index contributed by atoms with van der Waals surface area (Å²) in [4.78, 5) is 15.2. The molecule has 1 aromatic rings. The van der Waals surface area contributed by atoms with Crippen molar-refractivity contribution in [1.29, 1.82) is 0 Å². The number of carbonyl (C=O) groups is 1. The van der Waals surface area contributed by atoms with Gasteiger partial charge in [0.25, 0.3) is 0 Å². The van der Waals surface area contributed by atoms with Crippen LogP contribution in [0.5, 0.6) is 0 Å². The summed E-state index contributed by atoms with van der Waals surface area (Å²) in [5.41, 5.74) is 0. The number of carbonyl (C=O) groups excluding carboxylic acids is 1. The van der Waals surface area contributed by atoms with E-state index in [9.17, 15) is 4.79 Å². The van der Waals surface area contributed by atoms with E-state index in [2.05, 4.69) is 20.9 Å². The van der Waals surface area contributed by atoms with Gasteiger partial charge in [-0.25, -0.2) is 4.98 Å². The SMILES string of the molecule is CSCC(=O)c1nc(Br)cs1. The van der Waals surface area contributed by atoms with Gasteiger partial charge in [0.1, 0.15) is 4.60 Å². The predicted octanol–water partition coefficient (Wildman–Crippen LogP) is 2.45. The van der Waals surface area contributed by atoms with Gasteiger partial charge in [0.2, 0.25) is 5.78 Å². The van der Waals surface area contributed by atoms with E-state index in [0.29, 0.717) is 10.8 Å². The van der Waals surface area contributed by atoms with Gasteiger partial charge in [0.05, 0.1) is 5.75 Å². The minimum atomic E-state index is 0.105. The van der Waals surface area contributed by atoms with Gasteiger partial charge in [-0.05, 0) is 22.2 Å². The third kappa shape index (κ3) is 2.57. The maximum atomic E-state index is 11.2. The molecule has 0 amide bonds. The fourth-order valence-corrected chi connectivity index (χ4v) is 2.26. The van der Waals surface area contributed by atoms with E-state index in [0.717, 1.165) is 4.60 Å². The maximum Gasteiger partial charge on any atom is 0.201 e. The molecule has 0 saturated carbocycles. The molecule has 0 aliphatic heterocycles. The molecule has 0 atom stereocenters. The largest absolute Gasteiger partial charge is 0.291 e. The van der Waals surface area contributed by atoms with Crippen LogP contribution in [0.15, 0.2) is 9.98 Å². The summed E-state index contributed by atoms with van der Waals surface area (Å²) in [6.45, 7) is 0. The number of ketones is 1. The van der Waals surface area contributed by atoms with Gasteiger partial charge in [-0.2, -0.15) is 11.8 Å². The Morgan fingerprint density at radius 3 is 3.09 bits per heavy atom. The van der Waals surface area contributed by atoms with Gasteiger partial charge < -0.3 is 0 Å². The third-order valence-corrected chi connectivity index (χ3v) is 3.13. The molecule has 0 spiro atoms. The number of rotatable bonds is 3. The summed E-state index contributed by atoms with van der Waals surface area (Å²) >= 11 is 6.08. The zero-order chi connectivity index (χ0) is 8.27. The minimum absolute atomic E-state index is 0.105. The highest BCUT2D eigenvalue weighted by molar-refractivity contribution is 9.10. The second-order valence-corrected chi connectivity index (χ2v) is 4.37. The highest BCUT2D eigenvalue weighted by Crippen LogP contribution is 2.16. The number of aromatic nitrogens is 1. The van der Waals surface area contributed by atoms with E-state index < -0.39 is 0 Å². The molecule has 1 rings (SSSR count). The number of hydrogen-bond acceptors (Lipinski definition) is 4. The lowest BCUT2D eigenvalue weighted by molar-refractivity contribution is 0.102. The fraction of sp³-hybridized carbons (Fsp3) is 0.333. The zero-order valence-electron chi connectivity index (χ0n) is 5.83. The van der Waals surface area contributed by atoms with Crippen LogP contribution in [0.25, 0.3) is 0 Å². The lowest BCUT2D eigenvalue weighted by Crippen LogP contribution is -2.00. The average Bonchev–Trinajstić information content (AvgIpc) is 2.36. The molecule has 1 heterocycles. The van der Waals surface area contributed by atoms with Crippen LogP contribution < -0.4 is 0 Å². The van der Waals surface area contributed by atoms with Crippen LogP contribution >= 0.6 is 39.0 Å². The molecular weight excluding hydrogens is 246 g/mol. The topological polar surface area (TPSA) is 30.0 Å². The van der Waals surface area contributed by atoms with Crippen LogP contribution in [-0.2, 0) is 0 Å². The van der Waals surface area contributed by atoms with Gasteiger partial charge in [-0.15, -0.1) is 11.3 Å². The summed E-state index contributed by atoms with van der Waals surface area (Å²) in [6.07, 6.45) is 1.90. The molecule has 60 valence electrons. The normalized spacial score (nSPS) is 10.0. The monoisotopic (exact) mass is 251 g/mol. The number of thiazole rings is 1. The molecule has 0 saturated heterocycles. The van der Waals surface area contributed by atoms with Crippen LogP contribution in [0.4, 0.5) is 0 Å². The van der Waals surface area contributed by atoms with Crippen molar-refractivity contribution in [1.82, 2.24) is 4.98 Å². The van der Waals surface area contributed by atoms with E-state index in [1.54, 1.807) is 0 Å². The van der Waals surface area contributed by atoms with Gasteiger partial charge in [0.15, 0.2) is 5.01 Å². The van der Waals surface area contributed by atoms with Crippen LogP contribution in [0.1, 0.15) is 9.80 Å². The Morgan fingerprint density at radius 1 is 1.91 bits per heavy atom. The van der Waals surface area contributed by atoms with Crippen LogP contribution in [0.2, 0.25) is 0 Å². The summed E-state index contributed by atoms with van der Waals surface area (Å²) in [7, 11) is 0. The standard InChI is InChI=1S/C6H6BrNOS2/c1-10-2-4(9)6-8-5(7)3-11-6/h3H,2H2,1H3. The third-order valence-electron chi connectivity index (χ3n) is 0.990. The number of halogens is 1. The average molecular weight is 252 g/mol. The second-order valence-electron chi connectivity index (χ2n) is 1.83. The van der Waals surface area contributed by atoms with Crippen molar-refractivity contribution < 1.29 is 4.79 Å². The fourth-order valence-electron chi connectivity index (χ4n) is 0.575. The molecule has 11 heavy (non-hydrogen) atoms. The number of hydrogen-bond donors (Lipinski definition) is 0. The Morgan fingerprint density at radius 2 is 2.64 bits per heavy atom. The van der Waals surface area contributed by atoms with E-state index in [4.69, 9.17) is 0 Å². The van der Waals surface area contributed by atoms with Crippen molar-refractivity contribution in [2.24, 2.45) is 0 Å². The number of nitrogens with zero attached hydrogens (tertiary/aromatic N) is 1. The summed E-state index contributed by atoms with van der Waals surface area (Å²) in [5.74, 6) is 0.619. The Balaban J connectivity index is 2.69. The molecule has 0 aliphatic rings. The first-order valence-corrected chi connectivity index (χ1v) is 5.94. The van der Waals surface area contributed by atoms with Gasteiger partial charge in [-0.1, -0.05) is 0 Å². The van der Waals surface area contributed by atoms with Crippen molar-refractivity contribution >= 4 is 44.8 Å². The lowest BCUT2D eigenvalue weighted by atomic mass is 10.5. The zero-order valence-corrected chi connectivity index (χ0v) is 9.05. The maximum absolute atomic E-state index is 11.2. The van der Waals surface area contributed by atoms with Crippen molar-refractivity contribution in [2.45, 2.75) is 0 Å². The molecule has 0 radical (unpaired) electrons. The molecule has 1 aromatic heterocycles. The van der Waals surface area contributed by atoms with Gasteiger partial charge >= 0.3 is 0 Å². The molecular formula is C6H6BrNOS2. The first-order valence-electron chi connectivity index (χ1n) is 2.87. The Hall–Kier alpha value is 0.130. The molecule has 0 N–H and O–H groups in total. The molecule has 5 heteroatoms. The van der Waals surface area contributed by atoms with Crippen LogP contribution in [0, 0.1) is 0 Å². The van der Waals surface area contributed by atoms with E-state index in [1.807, 2.05) is 11.6 Å². The quantitative estimate of drug-likeness (QED) is 0.774. The summed E-state index contributed by atoms with van der Waals surface area (Å²) in [6, 6.07) is 0. The van der Waals surface area contributed by atoms with Gasteiger partial charge in [0, 0.05) is 5.38 Å². The Bertz CT molecular complexity index is 261. The van der Waals surface area contributed by atoms with Crippen molar-refractivity contribution in [3.63, 3.8) is 0 Å². The highest BCUT2D eigenvalue weighted by Gasteiger charge is 2.08. The number of Topliss-reactive ketones (excluding diaryl/α,β-unsaturated/α-hetero) is 1. The molecule has 0 fully saturated rings. The number of thioether (sulfide) groups is 1. The molecule has 2 nitrogen and oxygen atoms in total.